The number of pyridine rings is 2. The second-order valence-electron chi connectivity index (χ2n) is 9.04. The molecular formula is C22H23F7N4O2. The molecule has 2 fully saturated rings. The zero-order valence-corrected chi connectivity index (χ0v) is 18.5. The Labute approximate surface area is 196 Å². The highest BCUT2D eigenvalue weighted by Gasteiger charge is 2.48. The molecule has 0 spiro atoms. The van der Waals surface area contributed by atoms with Crippen LogP contribution >= 0.6 is 0 Å². The van der Waals surface area contributed by atoms with Crippen molar-refractivity contribution in [3.63, 3.8) is 0 Å². The van der Waals surface area contributed by atoms with Gasteiger partial charge in [-0.2, -0.15) is 13.2 Å². The molecule has 2 saturated heterocycles. The van der Waals surface area contributed by atoms with Crippen molar-refractivity contribution in [3.05, 3.63) is 47.4 Å². The number of hydrogen-bond donors (Lipinski definition) is 2. The first-order chi connectivity index (χ1) is 16.3. The summed E-state index contributed by atoms with van der Waals surface area (Å²) >= 11 is 0. The van der Waals surface area contributed by atoms with Gasteiger partial charge in [0.15, 0.2) is 0 Å². The van der Waals surface area contributed by atoms with Gasteiger partial charge in [-0.25, -0.2) is 22.5 Å². The fourth-order valence-electron chi connectivity index (χ4n) is 4.51. The van der Waals surface area contributed by atoms with Gasteiger partial charge in [0.2, 0.25) is 0 Å². The molecule has 2 aliphatic rings. The van der Waals surface area contributed by atoms with Crippen molar-refractivity contribution in [2.24, 2.45) is 0 Å². The van der Waals surface area contributed by atoms with Crippen LogP contribution in [0.2, 0.25) is 0 Å². The summed E-state index contributed by atoms with van der Waals surface area (Å²) in [5.41, 5.74) is -2.67. The summed E-state index contributed by atoms with van der Waals surface area (Å²) in [6, 6.07) is 2.50. The van der Waals surface area contributed by atoms with Crippen molar-refractivity contribution in [1.29, 1.82) is 0 Å². The van der Waals surface area contributed by atoms with E-state index in [1.54, 1.807) is 6.92 Å². The van der Waals surface area contributed by atoms with Crippen LogP contribution in [-0.4, -0.2) is 52.8 Å². The number of ether oxygens (including phenoxy) is 1. The van der Waals surface area contributed by atoms with E-state index >= 15 is 0 Å². The molecule has 0 radical (unpaired) electrons. The number of aromatic nitrogens is 2. The molecule has 0 bridgehead atoms. The minimum absolute atomic E-state index is 0.0908. The molecule has 192 valence electrons. The molecule has 4 heterocycles. The molecule has 35 heavy (non-hydrogen) atoms. The van der Waals surface area contributed by atoms with Crippen molar-refractivity contribution in [1.82, 2.24) is 15.3 Å². The highest BCUT2D eigenvalue weighted by atomic mass is 19.4. The van der Waals surface area contributed by atoms with E-state index in [0.29, 0.717) is 11.6 Å². The van der Waals surface area contributed by atoms with Crippen LogP contribution in [0.3, 0.4) is 0 Å². The van der Waals surface area contributed by atoms with E-state index in [9.17, 15) is 35.8 Å². The molecule has 0 aliphatic carbocycles. The number of rotatable bonds is 6. The van der Waals surface area contributed by atoms with E-state index in [1.165, 1.54) is 12.3 Å². The second kappa shape index (κ2) is 9.08. The second-order valence-corrected chi connectivity index (χ2v) is 9.04. The molecule has 0 aromatic carbocycles. The Bertz CT molecular complexity index is 1040. The Morgan fingerprint density at radius 2 is 1.89 bits per heavy atom. The van der Waals surface area contributed by atoms with E-state index < -0.39 is 60.3 Å². The fourth-order valence-corrected chi connectivity index (χ4v) is 4.51. The molecule has 2 N–H and O–H groups in total. The SMILES string of the molecule is C[C@H]1C[C@@](O)(c2ccc(C(F)F)nc2)C[C@@H](COc2cnc(N3CC(F)(F)C3)c(C(F)(F)F)c2)N1. The van der Waals surface area contributed by atoms with Gasteiger partial charge in [0.25, 0.3) is 12.3 Å². The van der Waals surface area contributed by atoms with Crippen molar-refractivity contribution < 1.29 is 40.6 Å². The standard InChI is InChI=1S/C22H23F7N4O2/c1-12-5-20(34,13-2-3-17(18(23)24)30-7-13)6-14(32-12)9-35-15-4-16(22(27,28)29)19(31-8-15)33-10-21(25,26)11-33/h2-4,7-8,12,14,18,32,34H,5-6,9-11H2,1H3/t12-,14-,20-/m0/s1. The van der Waals surface area contributed by atoms with Crippen LogP contribution in [-0.2, 0) is 11.8 Å². The van der Waals surface area contributed by atoms with Crippen LogP contribution in [0.5, 0.6) is 5.75 Å². The maximum Gasteiger partial charge on any atom is 0.420 e. The lowest BCUT2D eigenvalue weighted by atomic mass is 9.79. The molecule has 4 rings (SSSR count). The minimum atomic E-state index is -4.83. The van der Waals surface area contributed by atoms with E-state index in [0.717, 1.165) is 17.2 Å². The van der Waals surface area contributed by atoms with Gasteiger partial charge < -0.3 is 20.1 Å². The molecule has 6 nitrogen and oxygen atoms in total. The van der Waals surface area contributed by atoms with Gasteiger partial charge in [-0.1, -0.05) is 6.07 Å². The Morgan fingerprint density at radius 3 is 2.46 bits per heavy atom. The molecular weight excluding hydrogens is 485 g/mol. The number of halogens is 7. The van der Waals surface area contributed by atoms with Crippen LogP contribution in [0.15, 0.2) is 30.6 Å². The van der Waals surface area contributed by atoms with Crippen LogP contribution in [0.4, 0.5) is 36.6 Å². The highest BCUT2D eigenvalue weighted by Crippen LogP contribution is 2.41. The zero-order valence-electron chi connectivity index (χ0n) is 18.5. The third kappa shape index (κ3) is 5.61. The van der Waals surface area contributed by atoms with Crippen LogP contribution in [0, 0.1) is 0 Å². The van der Waals surface area contributed by atoms with E-state index in [-0.39, 0.29) is 31.2 Å². The molecule has 0 saturated carbocycles. The van der Waals surface area contributed by atoms with Crippen LogP contribution < -0.4 is 15.0 Å². The molecule has 0 amide bonds. The summed E-state index contributed by atoms with van der Waals surface area (Å²) in [5, 5.41) is 14.4. The quantitative estimate of drug-likeness (QED) is 0.568. The van der Waals surface area contributed by atoms with Gasteiger partial charge in [0, 0.05) is 23.8 Å². The number of nitrogens with zero attached hydrogens (tertiary/aromatic N) is 3. The monoisotopic (exact) mass is 508 g/mol. The summed E-state index contributed by atoms with van der Waals surface area (Å²) in [5.74, 6) is -3.86. The average Bonchev–Trinajstić information content (AvgIpc) is 2.75. The smallest absolute Gasteiger partial charge is 0.420 e. The van der Waals surface area contributed by atoms with Gasteiger partial charge in [-0.3, -0.25) is 4.98 Å². The number of aliphatic hydroxyl groups is 1. The van der Waals surface area contributed by atoms with E-state index in [4.69, 9.17) is 4.74 Å². The third-order valence-electron chi connectivity index (χ3n) is 6.04. The Morgan fingerprint density at radius 1 is 1.17 bits per heavy atom. The van der Waals surface area contributed by atoms with Crippen LogP contribution in [0.25, 0.3) is 0 Å². The molecule has 2 aromatic heterocycles. The first kappa shape index (κ1) is 25.4. The predicted octanol–water partition coefficient (Wildman–Crippen LogP) is 4.30. The highest BCUT2D eigenvalue weighted by molar-refractivity contribution is 5.53. The largest absolute Gasteiger partial charge is 0.490 e. The number of alkyl halides is 7. The lowest BCUT2D eigenvalue weighted by Crippen LogP contribution is -2.57. The zero-order chi connectivity index (χ0) is 25.6. The maximum atomic E-state index is 13.5. The molecule has 3 atom stereocenters. The summed E-state index contributed by atoms with van der Waals surface area (Å²) in [7, 11) is 0. The Hall–Kier alpha value is -2.67. The van der Waals surface area contributed by atoms with Crippen molar-refractivity contribution >= 4 is 5.82 Å². The lowest BCUT2D eigenvalue weighted by Gasteiger charge is -2.41. The topological polar surface area (TPSA) is 70.5 Å². The summed E-state index contributed by atoms with van der Waals surface area (Å²) in [4.78, 5) is 8.26. The number of piperidine rings is 1. The predicted molar refractivity (Wildman–Crippen MR) is 111 cm³/mol. The summed E-state index contributed by atoms with van der Waals surface area (Å²) in [6.07, 6.45) is -5.00. The molecule has 2 aliphatic heterocycles. The van der Waals surface area contributed by atoms with Gasteiger partial charge >= 0.3 is 6.18 Å². The van der Waals surface area contributed by atoms with Gasteiger partial charge in [-0.05, 0) is 31.9 Å². The Balaban J connectivity index is 1.46. The van der Waals surface area contributed by atoms with Gasteiger partial charge in [0.1, 0.15) is 29.4 Å². The molecule has 13 heteroatoms. The normalized spacial score (nSPS) is 26.5. The molecule has 0 unspecified atom stereocenters. The minimum Gasteiger partial charge on any atom is -0.490 e. The van der Waals surface area contributed by atoms with Gasteiger partial charge in [-0.15, -0.1) is 0 Å². The summed E-state index contributed by atoms with van der Waals surface area (Å²) < 4.78 is 98.0. The van der Waals surface area contributed by atoms with E-state index in [1.807, 2.05) is 0 Å². The number of nitrogens with one attached hydrogen (secondary N) is 1. The first-order valence-electron chi connectivity index (χ1n) is 10.8. The fraction of sp³-hybridized carbons (Fsp3) is 0.545. The van der Waals surface area contributed by atoms with Crippen LogP contribution in [0.1, 0.15) is 43.0 Å². The van der Waals surface area contributed by atoms with Crippen molar-refractivity contribution in [2.75, 3.05) is 24.6 Å². The number of hydrogen-bond acceptors (Lipinski definition) is 6. The van der Waals surface area contributed by atoms with Crippen molar-refractivity contribution in [3.8, 4) is 5.75 Å². The van der Waals surface area contributed by atoms with E-state index in [2.05, 4.69) is 15.3 Å². The average molecular weight is 508 g/mol. The number of anilines is 1. The molecule has 2 aromatic rings. The lowest BCUT2D eigenvalue weighted by molar-refractivity contribution is -0.138. The first-order valence-corrected chi connectivity index (χ1v) is 10.8. The third-order valence-corrected chi connectivity index (χ3v) is 6.04. The van der Waals surface area contributed by atoms with Gasteiger partial charge in [0.05, 0.1) is 24.9 Å². The van der Waals surface area contributed by atoms with Crippen molar-refractivity contribution in [2.45, 2.75) is 56.0 Å². The maximum absolute atomic E-state index is 13.5. The Kier molecular flexibility index (Phi) is 6.60. The summed E-state index contributed by atoms with van der Waals surface area (Å²) in [6.45, 7) is -0.0356.